The Bertz CT molecular complexity index is 1440. The average molecular weight is 567 g/mol. The number of nitrogens with zero attached hydrogens (tertiary/aromatic N) is 3. The number of benzene rings is 3. The van der Waals surface area contributed by atoms with Gasteiger partial charge in [0.1, 0.15) is 0 Å². The van der Waals surface area contributed by atoms with Crippen molar-refractivity contribution in [1.29, 1.82) is 0 Å². The maximum atomic E-state index is 13.5. The summed E-state index contributed by atoms with van der Waals surface area (Å²) in [5.41, 5.74) is 2.93. The number of pyridine rings is 1. The van der Waals surface area contributed by atoms with Crippen LogP contribution >= 0.6 is 35.0 Å². The van der Waals surface area contributed by atoms with E-state index in [1.807, 2.05) is 49.4 Å². The smallest absolute Gasteiger partial charge is 0.320 e. The minimum absolute atomic E-state index is 0.0452. The molecule has 10 heteroatoms. The van der Waals surface area contributed by atoms with Crippen molar-refractivity contribution in [3.8, 4) is 0 Å². The highest BCUT2D eigenvalue weighted by Gasteiger charge is 2.20. The molecular formula is C28H24Cl2N4O3S. The lowest BCUT2D eigenvalue weighted by Crippen LogP contribution is -2.36. The number of halogens is 2. The molecule has 4 aromatic rings. The van der Waals surface area contributed by atoms with Gasteiger partial charge in [-0.15, -0.1) is 0 Å². The first-order valence-electron chi connectivity index (χ1n) is 11.7. The van der Waals surface area contributed by atoms with Crippen LogP contribution in [0.2, 0.25) is 10.0 Å². The summed E-state index contributed by atoms with van der Waals surface area (Å²) in [7, 11) is 0. The number of amides is 2. The number of aromatic nitrogens is 1. The minimum Gasteiger partial charge on any atom is -0.320 e. The Kier molecular flexibility index (Phi) is 9.23. The molecular weight excluding hydrogens is 543 g/mol. The molecule has 38 heavy (non-hydrogen) atoms. The summed E-state index contributed by atoms with van der Waals surface area (Å²) in [4.78, 5) is 32.4. The molecule has 0 aliphatic carbocycles. The fourth-order valence-corrected chi connectivity index (χ4v) is 4.95. The third-order valence-corrected chi connectivity index (χ3v) is 7.65. The van der Waals surface area contributed by atoms with Gasteiger partial charge in [0.15, 0.2) is 0 Å². The summed E-state index contributed by atoms with van der Waals surface area (Å²) in [5.74, 6) is 0. The van der Waals surface area contributed by atoms with Gasteiger partial charge in [-0.05, 0) is 55.0 Å². The highest BCUT2D eigenvalue weighted by molar-refractivity contribution is 7.99. The summed E-state index contributed by atoms with van der Waals surface area (Å²) >= 11 is 13.9. The van der Waals surface area contributed by atoms with Crippen molar-refractivity contribution in [1.82, 2.24) is 9.88 Å². The lowest BCUT2D eigenvalue weighted by molar-refractivity contribution is -0.385. The zero-order valence-corrected chi connectivity index (χ0v) is 22.8. The van der Waals surface area contributed by atoms with Gasteiger partial charge in [0.05, 0.1) is 20.7 Å². The molecule has 1 N–H and O–H groups in total. The lowest BCUT2D eigenvalue weighted by atomic mass is 10.1. The van der Waals surface area contributed by atoms with Gasteiger partial charge in [-0.3, -0.25) is 15.1 Å². The third kappa shape index (κ3) is 7.25. The summed E-state index contributed by atoms with van der Waals surface area (Å²) in [6.07, 6.45) is 2.19. The number of carbonyl (C=O) groups is 1. The van der Waals surface area contributed by atoms with Crippen LogP contribution in [0, 0.1) is 17.0 Å². The molecule has 0 unspecified atom stereocenters. The average Bonchev–Trinajstić information content (AvgIpc) is 2.91. The molecule has 2 amide bonds. The maximum absolute atomic E-state index is 13.5. The molecule has 0 atom stereocenters. The number of nitro benzene ring substituents is 1. The molecule has 1 aromatic heterocycles. The van der Waals surface area contributed by atoms with Gasteiger partial charge in [-0.2, -0.15) is 0 Å². The van der Waals surface area contributed by atoms with Crippen LogP contribution in [0.15, 0.2) is 94.9 Å². The van der Waals surface area contributed by atoms with E-state index in [1.165, 1.54) is 23.9 Å². The lowest BCUT2D eigenvalue weighted by Gasteiger charge is -2.24. The zero-order chi connectivity index (χ0) is 27.1. The first-order valence-corrected chi connectivity index (χ1v) is 13.3. The maximum Gasteiger partial charge on any atom is 0.322 e. The minimum atomic E-state index is -0.437. The van der Waals surface area contributed by atoms with E-state index in [-0.39, 0.29) is 17.3 Å². The molecule has 1 heterocycles. The van der Waals surface area contributed by atoms with Gasteiger partial charge in [0.25, 0.3) is 5.69 Å². The van der Waals surface area contributed by atoms with Gasteiger partial charge < -0.3 is 10.2 Å². The van der Waals surface area contributed by atoms with Crippen molar-refractivity contribution >= 4 is 52.4 Å². The number of nitrogens with one attached hydrogen (secondary N) is 1. The van der Waals surface area contributed by atoms with Gasteiger partial charge in [0.2, 0.25) is 0 Å². The van der Waals surface area contributed by atoms with E-state index >= 15 is 0 Å². The van der Waals surface area contributed by atoms with E-state index < -0.39 is 11.0 Å². The van der Waals surface area contributed by atoms with Gasteiger partial charge in [-0.25, -0.2) is 4.79 Å². The van der Waals surface area contributed by atoms with Crippen LogP contribution in [0.1, 0.15) is 16.8 Å². The third-order valence-electron chi connectivity index (χ3n) is 5.71. The molecule has 0 saturated heterocycles. The first kappa shape index (κ1) is 27.4. The second kappa shape index (κ2) is 12.8. The van der Waals surface area contributed by atoms with Gasteiger partial charge in [-0.1, -0.05) is 64.8 Å². The highest BCUT2D eigenvalue weighted by atomic mass is 35.5. The van der Waals surface area contributed by atoms with Gasteiger partial charge >= 0.3 is 6.03 Å². The van der Waals surface area contributed by atoms with E-state index in [2.05, 4.69) is 10.3 Å². The number of rotatable bonds is 9. The molecule has 0 saturated carbocycles. The number of nitro groups is 1. The largest absolute Gasteiger partial charge is 0.322 e. The number of urea groups is 1. The van der Waals surface area contributed by atoms with E-state index in [1.54, 1.807) is 35.4 Å². The Morgan fingerprint density at radius 3 is 2.55 bits per heavy atom. The van der Waals surface area contributed by atoms with Crippen LogP contribution in [0.5, 0.6) is 0 Å². The van der Waals surface area contributed by atoms with Crippen LogP contribution in [0.3, 0.4) is 0 Å². The predicted molar refractivity (Wildman–Crippen MR) is 152 cm³/mol. The van der Waals surface area contributed by atoms with Crippen LogP contribution < -0.4 is 5.32 Å². The number of hydrogen-bond acceptors (Lipinski definition) is 5. The molecule has 4 rings (SSSR count). The molecule has 0 aliphatic rings. The number of non-ortho nitro benzene ring substituents is 1. The second-order valence-corrected chi connectivity index (χ2v) is 10.4. The number of aryl methyl sites for hydroxylation is 1. The van der Waals surface area contributed by atoms with E-state index in [0.29, 0.717) is 29.2 Å². The zero-order valence-electron chi connectivity index (χ0n) is 20.4. The van der Waals surface area contributed by atoms with E-state index in [9.17, 15) is 14.9 Å². The van der Waals surface area contributed by atoms with Crippen molar-refractivity contribution in [3.05, 3.63) is 122 Å². The van der Waals surface area contributed by atoms with Gasteiger partial charge in [0, 0.05) is 53.3 Å². The summed E-state index contributed by atoms with van der Waals surface area (Å²) < 4.78 is 0. The monoisotopic (exact) mass is 566 g/mol. The van der Waals surface area contributed by atoms with Crippen molar-refractivity contribution < 1.29 is 9.72 Å². The van der Waals surface area contributed by atoms with E-state index in [4.69, 9.17) is 23.2 Å². The fraction of sp³-hybridized carbons (Fsp3) is 0.143. The number of hydrogen-bond donors (Lipinski definition) is 1. The molecule has 0 spiro atoms. The van der Waals surface area contributed by atoms with Crippen LogP contribution in [-0.2, 0) is 13.0 Å². The van der Waals surface area contributed by atoms with Crippen molar-refractivity contribution in [2.75, 3.05) is 11.9 Å². The molecule has 0 fully saturated rings. The Morgan fingerprint density at radius 2 is 1.84 bits per heavy atom. The standard InChI is InChI=1S/C28H24Cl2N4O3S/c1-19-8-11-23(12-9-19)38-26-13-10-22(34(36)37)17-20(26)18-33(16-14-21-5-2-3-15-31-21)28(35)32-25-7-4-6-24(29)27(25)30/h2-13,15,17H,14,16,18H2,1H3,(H,32,35). The topological polar surface area (TPSA) is 88.4 Å². The summed E-state index contributed by atoms with van der Waals surface area (Å²) in [5, 5.41) is 15.0. The van der Waals surface area contributed by atoms with E-state index in [0.717, 1.165) is 21.0 Å². The molecule has 194 valence electrons. The molecule has 0 bridgehead atoms. The molecule has 3 aromatic carbocycles. The van der Waals surface area contributed by atoms with Crippen LogP contribution in [0.25, 0.3) is 0 Å². The Hall–Kier alpha value is -3.59. The SMILES string of the molecule is Cc1ccc(Sc2ccc([N+](=O)[O-])cc2CN(CCc2ccccn2)C(=O)Nc2cccc(Cl)c2Cl)cc1. The molecule has 0 aliphatic heterocycles. The normalized spacial score (nSPS) is 10.7. The Labute approximate surface area is 235 Å². The number of anilines is 1. The fourth-order valence-electron chi connectivity index (χ4n) is 3.68. The Balaban J connectivity index is 1.65. The van der Waals surface area contributed by atoms with Crippen LogP contribution in [-0.4, -0.2) is 27.4 Å². The second-order valence-electron chi connectivity index (χ2n) is 8.49. The summed E-state index contributed by atoms with van der Waals surface area (Å²) in [6.45, 7) is 2.46. The van der Waals surface area contributed by atoms with Crippen molar-refractivity contribution in [2.45, 2.75) is 29.7 Å². The van der Waals surface area contributed by atoms with Crippen molar-refractivity contribution in [3.63, 3.8) is 0 Å². The summed E-state index contributed by atoms with van der Waals surface area (Å²) in [6, 6.07) is 22.9. The quantitative estimate of drug-likeness (QED) is 0.163. The number of carbonyl (C=O) groups excluding carboxylic acids is 1. The predicted octanol–water partition coefficient (Wildman–Crippen LogP) is 8.03. The Morgan fingerprint density at radius 1 is 1.05 bits per heavy atom. The van der Waals surface area contributed by atoms with Crippen molar-refractivity contribution in [2.24, 2.45) is 0 Å². The van der Waals surface area contributed by atoms with Crippen LogP contribution in [0.4, 0.5) is 16.2 Å². The molecule has 0 radical (unpaired) electrons. The molecule has 7 nitrogen and oxygen atoms in total. The first-order chi connectivity index (χ1) is 18.3. The highest BCUT2D eigenvalue weighted by Crippen LogP contribution is 2.34.